The van der Waals surface area contributed by atoms with Crippen LogP contribution < -0.4 is 0 Å². The SMILES string of the molecule is Oc1c(CC2(O)CC2)cc2c(c1Cl)CCCC2. The van der Waals surface area contributed by atoms with Gasteiger partial charge in [-0.25, -0.2) is 0 Å². The first-order chi connectivity index (χ1) is 8.09. The van der Waals surface area contributed by atoms with Gasteiger partial charge in [0.1, 0.15) is 5.75 Å². The van der Waals surface area contributed by atoms with Crippen molar-refractivity contribution in [3.05, 3.63) is 27.8 Å². The topological polar surface area (TPSA) is 40.5 Å². The number of phenolic OH excluding ortho intramolecular Hbond substituents is 1. The molecule has 0 amide bonds. The van der Waals surface area contributed by atoms with E-state index in [2.05, 4.69) is 0 Å². The van der Waals surface area contributed by atoms with Gasteiger partial charge in [-0.3, -0.25) is 0 Å². The van der Waals surface area contributed by atoms with Gasteiger partial charge in [-0.05, 0) is 55.2 Å². The first kappa shape index (κ1) is 11.4. The van der Waals surface area contributed by atoms with Gasteiger partial charge in [-0.1, -0.05) is 17.7 Å². The third-order valence-corrected chi connectivity index (χ3v) is 4.39. The lowest BCUT2D eigenvalue weighted by Crippen LogP contribution is -2.13. The Balaban J connectivity index is 2.01. The molecule has 0 radical (unpaired) electrons. The Morgan fingerprint density at radius 1 is 1.24 bits per heavy atom. The number of phenols is 1. The van der Waals surface area contributed by atoms with Crippen LogP contribution in [-0.2, 0) is 19.3 Å². The minimum absolute atomic E-state index is 0.188. The highest BCUT2D eigenvalue weighted by atomic mass is 35.5. The van der Waals surface area contributed by atoms with E-state index in [0.717, 1.165) is 43.2 Å². The number of benzene rings is 1. The fourth-order valence-corrected chi connectivity index (χ4v) is 3.05. The summed E-state index contributed by atoms with van der Waals surface area (Å²) < 4.78 is 0. The van der Waals surface area contributed by atoms with Gasteiger partial charge in [0, 0.05) is 6.42 Å². The van der Waals surface area contributed by atoms with Crippen molar-refractivity contribution in [2.24, 2.45) is 0 Å². The van der Waals surface area contributed by atoms with Crippen LogP contribution in [0.5, 0.6) is 5.75 Å². The molecule has 0 bridgehead atoms. The predicted octanol–water partition coefficient (Wildman–Crippen LogP) is 2.99. The molecule has 0 aliphatic heterocycles. The van der Waals surface area contributed by atoms with E-state index in [1.54, 1.807) is 0 Å². The number of aliphatic hydroxyl groups is 1. The Kier molecular flexibility index (Phi) is 2.60. The largest absolute Gasteiger partial charge is 0.506 e. The molecule has 0 heterocycles. The Morgan fingerprint density at radius 2 is 1.94 bits per heavy atom. The highest BCUT2D eigenvalue weighted by Gasteiger charge is 2.41. The average molecular weight is 253 g/mol. The van der Waals surface area contributed by atoms with Crippen LogP contribution in [0, 0.1) is 0 Å². The summed E-state index contributed by atoms with van der Waals surface area (Å²) in [6.45, 7) is 0. The molecule has 0 saturated heterocycles. The Morgan fingerprint density at radius 3 is 2.65 bits per heavy atom. The van der Waals surface area contributed by atoms with Gasteiger partial charge in [-0.15, -0.1) is 0 Å². The second-order valence-electron chi connectivity index (χ2n) is 5.44. The number of rotatable bonds is 2. The Bertz CT molecular complexity index is 464. The molecule has 2 nitrogen and oxygen atoms in total. The van der Waals surface area contributed by atoms with Crippen molar-refractivity contribution in [1.29, 1.82) is 0 Å². The average Bonchev–Trinajstić information content (AvgIpc) is 3.04. The summed E-state index contributed by atoms with van der Waals surface area (Å²) in [5.41, 5.74) is 2.61. The minimum atomic E-state index is -0.580. The van der Waals surface area contributed by atoms with E-state index in [1.165, 1.54) is 12.0 Å². The normalized spacial score (nSPS) is 21.1. The lowest BCUT2D eigenvalue weighted by atomic mass is 9.88. The minimum Gasteiger partial charge on any atom is -0.506 e. The molecule has 0 aromatic heterocycles. The number of fused-ring (bicyclic) bond motifs is 1. The maximum Gasteiger partial charge on any atom is 0.137 e. The second-order valence-corrected chi connectivity index (χ2v) is 5.82. The van der Waals surface area contributed by atoms with Crippen LogP contribution in [0.4, 0.5) is 0 Å². The van der Waals surface area contributed by atoms with Gasteiger partial charge in [0.05, 0.1) is 10.6 Å². The van der Waals surface area contributed by atoms with Crippen molar-refractivity contribution in [2.75, 3.05) is 0 Å². The summed E-state index contributed by atoms with van der Waals surface area (Å²) in [6.07, 6.45) is 6.55. The highest BCUT2D eigenvalue weighted by Crippen LogP contribution is 2.43. The summed E-state index contributed by atoms with van der Waals surface area (Å²) in [5.74, 6) is 0.188. The van der Waals surface area contributed by atoms with Crippen LogP contribution in [0.25, 0.3) is 0 Å². The van der Waals surface area contributed by atoms with Gasteiger partial charge >= 0.3 is 0 Å². The third-order valence-electron chi connectivity index (χ3n) is 3.98. The molecule has 2 aliphatic carbocycles. The second kappa shape index (κ2) is 3.89. The van der Waals surface area contributed by atoms with Crippen LogP contribution in [0.1, 0.15) is 42.4 Å². The zero-order chi connectivity index (χ0) is 12.0. The summed E-state index contributed by atoms with van der Waals surface area (Å²) >= 11 is 6.23. The van der Waals surface area contributed by atoms with Crippen molar-refractivity contribution in [1.82, 2.24) is 0 Å². The zero-order valence-corrected chi connectivity index (χ0v) is 10.6. The molecule has 92 valence electrons. The molecule has 0 unspecified atom stereocenters. The molecule has 1 saturated carbocycles. The molecule has 2 N–H and O–H groups in total. The van der Waals surface area contributed by atoms with Crippen molar-refractivity contribution in [2.45, 2.75) is 50.5 Å². The Labute approximate surface area is 106 Å². The maximum atomic E-state index is 10.1. The van der Waals surface area contributed by atoms with Crippen LogP contribution in [0.15, 0.2) is 6.07 Å². The van der Waals surface area contributed by atoms with Crippen LogP contribution in [-0.4, -0.2) is 15.8 Å². The van der Waals surface area contributed by atoms with E-state index in [1.807, 2.05) is 6.07 Å². The molecule has 2 aliphatic rings. The number of hydrogen-bond acceptors (Lipinski definition) is 2. The molecule has 1 aromatic rings. The maximum absolute atomic E-state index is 10.1. The molecule has 17 heavy (non-hydrogen) atoms. The Hall–Kier alpha value is -0.730. The van der Waals surface area contributed by atoms with E-state index >= 15 is 0 Å². The summed E-state index contributed by atoms with van der Waals surface area (Å²) in [5, 5.41) is 20.6. The van der Waals surface area contributed by atoms with Crippen molar-refractivity contribution < 1.29 is 10.2 Å². The van der Waals surface area contributed by atoms with Crippen LogP contribution >= 0.6 is 11.6 Å². The molecule has 3 rings (SSSR count). The van der Waals surface area contributed by atoms with Gasteiger partial charge < -0.3 is 10.2 Å². The number of hydrogen-bond donors (Lipinski definition) is 2. The first-order valence-corrected chi connectivity index (χ1v) is 6.71. The summed E-state index contributed by atoms with van der Waals surface area (Å²) in [7, 11) is 0. The molecule has 0 spiro atoms. The fraction of sp³-hybridized carbons (Fsp3) is 0.571. The summed E-state index contributed by atoms with van der Waals surface area (Å²) in [6, 6.07) is 2.05. The molecule has 0 atom stereocenters. The molecular formula is C14H17ClO2. The van der Waals surface area contributed by atoms with Crippen molar-refractivity contribution >= 4 is 11.6 Å². The molecular weight excluding hydrogens is 236 g/mol. The van der Waals surface area contributed by atoms with Crippen molar-refractivity contribution in [3.63, 3.8) is 0 Å². The van der Waals surface area contributed by atoms with Crippen molar-refractivity contribution in [3.8, 4) is 5.75 Å². The molecule has 1 aromatic carbocycles. The van der Waals surface area contributed by atoms with E-state index in [0.29, 0.717) is 11.4 Å². The van der Waals surface area contributed by atoms with E-state index < -0.39 is 5.60 Å². The first-order valence-electron chi connectivity index (χ1n) is 6.33. The fourth-order valence-electron chi connectivity index (χ4n) is 2.71. The monoisotopic (exact) mass is 252 g/mol. The lowest BCUT2D eigenvalue weighted by molar-refractivity contribution is 0.150. The lowest BCUT2D eigenvalue weighted by Gasteiger charge is -2.21. The van der Waals surface area contributed by atoms with E-state index in [9.17, 15) is 10.2 Å². The quantitative estimate of drug-likeness (QED) is 0.850. The van der Waals surface area contributed by atoms with Gasteiger partial charge in [-0.2, -0.15) is 0 Å². The van der Waals surface area contributed by atoms with E-state index in [-0.39, 0.29) is 5.75 Å². The third kappa shape index (κ3) is 2.04. The highest BCUT2D eigenvalue weighted by molar-refractivity contribution is 6.33. The van der Waals surface area contributed by atoms with Crippen LogP contribution in [0.2, 0.25) is 5.02 Å². The standard InChI is InChI=1S/C14H17ClO2/c15-12-11-4-2-1-3-9(11)7-10(13(12)16)8-14(17)5-6-14/h7,16-17H,1-6,8H2. The number of halogens is 1. The van der Waals surface area contributed by atoms with E-state index in [4.69, 9.17) is 11.6 Å². The molecule has 3 heteroatoms. The smallest absolute Gasteiger partial charge is 0.137 e. The zero-order valence-electron chi connectivity index (χ0n) is 9.80. The van der Waals surface area contributed by atoms with Gasteiger partial charge in [0.25, 0.3) is 0 Å². The van der Waals surface area contributed by atoms with Gasteiger partial charge in [0.2, 0.25) is 0 Å². The predicted molar refractivity (Wildman–Crippen MR) is 67.6 cm³/mol. The number of aromatic hydroxyl groups is 1. The van der Waals surface area contributed by atoms with Crippen LogP contribution in [0.3, 0.4) is 0 Å². The number of aryl methyl sites for hydroxylation is 1. The summed E-state index contributed by atoms with van der Waals surface area (Å²) in [4.78, 5) is 0. The molecule has 1 fully saturated rings. The van der Waals surface area contributed by atoms with Gasteiger partial charge in [0.15, 0.2) is 0 Å².